The van der Waals surface area contributed by atoms with Gasteiger partial charge in [0, 0.05) is 0 Å². The maximum absolute atomic E-state index is 11.4. The lowest BCUT2D eigenvalue weighted by molar-refractivity contribution is -0.223. The van der Waals surface area contributed by atoms with Crippen LogP contribution in [0.3, 0.4) is 0 Å². The molecule has 0 aliphatic heterocycles. The second-order valence-corrected chi connectivity index (χ2v) is 4.52. The van der Waals surface area contributed by atoms with Crippen molar-refractivity contribution in [3.63, 3.8) is 0 Å². The number of benzene rings is 1. The van der Waals surface area contributed by atoms with E-state index in [2.05, 4.69) is 0 Å². The molecule has 0 heterocycles. The van der Waals surface area contributed by atoms with Crippen LogP contribution in [0.25, 0.3) is 0 Å². The van der Waals surface area contributed by atoms with E-state index in [1.54, 1.807) is 32.9 Å². The molecule has 0 saturated carbocycles. The maximum atomic E-state index is 11.4. The van der Waals surface area contributed by atoms with E-state index in [-0.39, 0.29) is 5.97 Å². The van der Waals surface area contributed by atoms with Gasteiger partial charge in [0.1, 0.15) is 0 Å². The Morgan fingerprint density at radius 3 is 2.13 bits per heavy atom. The predicted molar refractivity (Wildman–Crippen MR) is 57.4 cm³/mol. The number of carbonyl (C=O) groups excluding carboxylic acids is 1. The normalized spacial score (nSPS) is 10.9. The van der Waals surface area contributed by atoms with Crippen molar-refractivity contribution in [2.24, 2.45) is 5.41 Å². The van der Waals surface area contributed by atoms with Gasteiger partial charge in [0.2, 0.25) is 0 Å². The lowest BCUT2D eigenvalue weighted by Crippen LogP contribution is -2.24. The van der Waals surface area contributed by atoms with Gasteiger partial charge < -0.3 is 0 Å². The second-order valence-electron chi connectivity index (χ2n) is 4.52. The van der Waals surface area contributed by atoms with E-state index in [9.17, 15) is 4.79 Å². The summed E-state index contributed by atoms with van der Waals surface area (Å²) in [6.07, 6.45) is 0. The molecule has 0 atom stereocenters. The summed E-state index contributed by atoms with van der Waals surface area (Å²) in [6.45, 7) is 7.29. The van der Waals surface area contributed by atoms with Crippen molar-refractivity contribution >= 4 is 5.97 Å². The molecule has 1 aromatic carbocycles. The maximum Gasteiger partial charge on any atom is 0.360 e. The molecule has 0 aliphatic carbocycles. The molecule has 3 heteroatoms. The third kappa shape index (κ3) is 3.62. The molecule has 15 heavy (non-hydrogen) atoms. The largest absolute Gasteiger partial charge is 0.360 e. The summed E-state index contributed by atoms with van der Waals surface area (Å²) >= 11 is 0. The molecule has 0 unspecified atom stereocenters. The molecule has 0 aromatic heterocycles. The molecule has 0 bridgehead atoms. The molecule has 0 saturated heterocycles. The highest BCUT2D eigenvalue weighted by Crippen LogP contribution is 2.17. The molecule has 0 spiro atoms. The van der Waals surface area contributed by atoms with Gasteiger partial charge in [0.15, 0.2) is 5.75 Å². The predicted octanol–water partition coefficient (Wildman–Crippen LogP) is 2.88. The topological polar surface area (TPSA) is 35.5 Å². The Morgan fingerprint density at radius 1 is 1.13 bits per heavy atom. The van der Waals surface area contributed by atoms with Crippen molar-refractivity contribution in [2.75, 3.05) is 0 Å². The minimum atomic E-state index is -0.551. The van der Waals surface area contributed by atoms with Crippen LogP contribution in [0, 0.1) is 12.3 Å². The van der Waals surface area contributed by atoms with Crippen molar-refractivity contribution in [1.82, 2.24) is 0 Å². The van der Waals surface area contributed by atoms with Gasteiger partial charge in [0.05, 0.1) is 5.41 Å². The number of rotatable bonds is 2. The highest BCUT2D eigenvalue weighted by atomic mass is 17.2. The molecule has 0 amide bonds. The van der Waals surface area contributed by atoms with Gasteiger partial charge in [-0.25, -0.2) is 9.68 Å². The number of aryl methyl sites for hydroxylation is 1. The van der Waals surface area contributed by atoms with Crippen LogP contribution < -0.4 is 4.89 Å². The van der Waals surface area contributed by atoms with E-state index in [1.165, 1.54) is 0 Å². The fourth-order valence-electron chi connectivity index (χ4n) is 0.805. The van der Waals surface area contributed by atoms with Crippen LogP contribution in [0.4, 0.5) is 0 Å². The quantitative estimate of drug-likeness (QED) is 0.553. The van der Waals surface area contributed by atoms with E-state index >= 15 is 0 Å². The van der Waals surface area contributed by atoms with Crippen LogP contribution in [0.5, 0.6) is 5.75 Å². The Morgan fingerprint density at radius 2 is 1.67 bits per heavy atom. The Balaban J connectivity index is 2.51. The van der Waals surface area contributed by atoms with Crippen LogP contribution in [0.2, 0.25) is 0 Å². The molecule has 1 aromatic rings. The Kier molecular flexibility index (Phi) is 3.35. The van der Waals surface area contributed by atoms with Crippen LogP contribution in [-0.4, -0.2) is 5.97 Å². The zero-order valence-electron chi connectivity index (χ0n) is 9.53. The zero-order valence-corrected chi connectivity index (χ0v) is 9.53. The first-order chi connectivity index (χ1) is 6.89. The average Bonchev–Trinajstić information content (AvgIpc) is 2.15. The van der Waals surface area contributed by atoms with Gasteiger partial charge in [0.25, 0.3) is 0 Å². The summed E-state index contributed by atoms with van der Waals surface area (Å²) in [4.78, 5) is 21.0. The number of carbonyl (C=O) groups is 1. The standard InChI is InChI=1S/C12H16O3/c1-9-5-7-10(8-6-9)14-15-11(13)12(2,3)4/h5-8H,1-4H3. The van der Waals surface area contributed by atoms with E-state index in [4.69, 9.17) is 9.78 Å². The van der Waals surface area contributed by atoms with Crippen LogP contribution in [0.1, 0.15) is 26.3 Å². The fourth-order valence-corrected chi connectivity index (χ4v) is 0.805. The Hall–Kier alpha value is -1.51. The van der Waals surface area contributed by atoms with Crippen LogP contribution in [0.15, 0.2) is 24.3 Å². The van der Waals surface area contributed by atoms with Gasteiger partial charge in [-0.15, -0.1) is 0 Å². The zero-order chi connectivity index (χ0) is 11.5. The average molecular weight is 208 g/mol. The van der Waals surface area contributed by atoms with E-state index < -0.39 is 5.41 Å². The highest BCUT2D eigenvalue weighted by Gasteiger charge is 2.24. The Labute approximate surface area is 89.9 Å². The molecule has 1 rings (SSSR count). The minimum Gasteiger partial charge on any atom is -0.287 e. The first-order valence-electron chi connectivity index (χ1n) is 4.85. The summed E-state index contributed by atoms with van der Waals surface area (Å²) in [6, 6.07) is 7.29. The van der Waals surface area contributed by atoms with Gasteiger partial charge >= 0.3 is 5.97 Å². The fraction of sp³-hybridized carbons (Fsp3) is 0.417. The lowest BCUT2D eigenvalue weighted by Gasteiger charge is -2.14. The van der Waals surface area contributed by atoms with Crippen molar-refractivity contribution in [2.45, 2.75) is 27.7 Å². The summed E-state index contributed by atoms with van der Waals surface area (Å²) in [5, 5.41) is 0. The number of hydrogen-bond donors (Lipinski definition) is 0. The molecular formula is C12H16O3. The molecule has 0 radical (unpaired) electrons. The molecule has 0 fully saturated rings. The SMILES string of the molecule is Cc1ccc(OOC(=O)C(C)(C)C)cc1. The first kappa shape index (κ1) is 11.6. The monoisotopic (exact) mass is 208 g/mol. The molecule has 82 valence electrons. The molecule has 0 aliphatic rings. The summed E-state index contributed by atoms with van der Waals surface area (Å²) in [7, 11) is 0. The van der Waals surface area contributed by atoms with Gasteiger partial charge in [-0.1, -0.05) is 17.7 Å². The van der Waals surface area contributed by atoms with Crippen LogP contribution >= 0.6 is 0 Å². The van der Waals surface area contributed by atoms with Crippen LogP contribution in [-0.2, 0) is 9.68 Å². The van der Waals surface area contributed by atoms with E-state index in [0.717, 1.165) is 5.56 Å². The molecule has 3 nitrogen and oxygen atoms in total. The Bertz CT molecular complexity index is 333. The second kappa shape index (κ2) is 4.34. The highest BCUT2D eigenvalue weighted by molar-refractivity contribution is 5.74. The molecule has 0 N–H and O–H groups in total. The smallest absolute Gasteiger partial charge is 0.287 e. The van der Waals surface area contributed by atoms with E-state index in [1.807, 2.05) is 19.1 Å². The van der Waals surface area contributed by atoms with Gasteiger partial charge in [-0.2, -0.15) is 0 Å². The van der Waals surface area contributed by atoms with E-state index in [0.29, 0.717) is 5.75 Å². The summed E-state index contributed by atoms with van der Waals surface area (Å²) in [5.41, 5.74) is 0.578. The van der Waals surface area contributed by atoms with Crippen molar-refractivity contribution in [3.05, 3.63) is 29.8 Å². The molecular weight excluding hydrogens is 192 g/mol. The van der Waals surface area contributed by atoms with Crippen molar-refractivity contribution in [1.29, 1.82) is 0 Å². The van der Waals surface area contributed by atoms with Gasteiger partial charge in [-0.3, -0.25) is 4.89 Å². The van der Waals surface area contributed by atoms with Crippen molar-refractivity contribution < 1.29 is 14.6 Å². The summed E-state index contributed by atoms with van der Waals surface area (Å²) in [5.74, 6) is 0.140. The minimum absolute atomic E-state index is 0.386. The van der Waals surface area contributed by atoms with Gasteiger partial charge in [-0.05, 0) is 39.8 Å². The number of hydrogen-bond acceptors (Lipinski definition) is 3. The lowest BCUT2D eigenvalue weighted by atomic mass is 9.98. The first-order valence-corrected chi connectivity index (χ1v) is 4.85. The third-order valence-electron chi connectivity index (χ3n) is 1.85. The van der Waals surface area contributed by atoms with Crippen molar-refractivity contribution in [3.8, 4) is 5.75 Å². The summed E-state index contributed by atoms with van der Waals surface area (Å²) < 4.78 is 0. The third-order valence-corrected chi connectivity index (χ3v) is 1.85.